The molecule has 1 heterocycles. The van der Waals surface area contributed by atoms with E-state index in [0.29, 0.717) is 12.1 Å². The van der Waals surface area contributed by atoms with Gasteiger partial charge in [-0.2, -0.15) is 0 Å². The third kappa shape index (κ3) is 2.96. The molecule has 2 nitrogen and oxygen atoms in total. The summed E-state index contributed by atoms with van der Waals surface area (Å²) in [4.78, 5) is 4.12. The maximum Gasteiger partial charge on any atom is 0.163 e. The highest BCUT2D eigenvalue weighted by Crippen LogP contribution is 2.25. The first kappa shape index (κ1) is 13.6. The summed E-state index contributed by atoms with van der Waals surface area (Å²) in [7, 11) is 0. The number of rotatable bonds is 4. The third-order valence-electron chi connectivity index (χ3n) is 2.95. The van der Waals surface area contributed by atoms with E-state index in [1.54, 1.807) is 12.3 Å². The summed E-state index contributed by atoms with van der Waals surface area (Å²) in [5, 5.41) is 3.18. The summed E-state index contributed by atoms with van der Waals surface area (Å²) in [6.45, 7) is 4.45. The number of aryl methyl sites for hydroxylation is 1. The van der Waals surface area contributed by atoms with E-state index in [1.807, 2.05) is 26.0 Å². The van der Waals surface area contributed by atoms with Gasteiger partial charge in [-0.05, 0) is 37.2 Å². The van der Waals surface area contributed by atoms with Crippen LogP contribution >= 0.6 is 0 Å². The zero-order valence-electron chi connectivity index (χ0n) is 11.0. The molecular formula is C15H16F2N2. The van der Waals surface area contributed by atoms with Gasteiger partial charge in [-0.3, -0.25) is 4.98 Å². The van der Waals surface area contributed by atoms with E-state index in [0.717, 1.165) is 17.3 Å². The van der Waals surface area contributed by atoms with Gasteiger partial charge in [0, 0.05) is 17.5 Å². The lowest BCUT2D eigenvalue weighted by Crippen LogP contribution is -2.23. The number of halogens is 2. The zero-order chi connectivity index (χ0) is 13.8. The third-order valence-corrected chi connectivity index (χ3v) is 2.95. The predicted molar refractivity (Wildman–Crippen MR) is 70.9 cm³/mol. The minimum Gasteiger partial charge on any atom is -0.306 e. The largest absolute Gasteiger partial charge is 0.306 e. The first-order valence-electron chi connectivity index (χ1n) is 6.23. The van der Waals surface area contributed by atoms with Gasteiger partial charge in [-0.15, -0.1) is 0 Å². The standard InChI is InChI=1S/C15H16F2N2/c1-3-18-15(11-7-8-19-10(2)9-11)12-5-4-6-13(16)14(12)17/h4-9,15,18H,3H2,1-2H3. The number of benzene rings is 1. The molecule has 0 aliphatic heterocycles. The Kier molecular flexibility index (Phi) is 4.22. The second-order valence-electron chi connectivity index (χ2n) is 4.36. The molecule has 1 unspecified atom stereocenters. The van der Waals surface area contributed by atoms with Crippen molar-refractivity contribution in [2.75, 3.05) is 6.54 Å². The molecule has 0 saturated carbocycles. The molecule has 0 fully saturated rings. The van der Waals surface area contributed by atoms with E-state index in [2.05, 4.69) is 10.3 Å². The average Bonchev–Trinajstić information content (AvgIpc) is 2.40. The maximum absolute atomic E-state index is 13.9. The molecule has 0 spiro atoms. The van der Waals surface area contributed by atoms with E-state index < -0.39 is 11.6 Å². The van der Waals surface area contributed by atoms with E-state index in [4.69, 9.17) is 0 Å². The highest BCUT2D eigenvalue weighted by atomic mass is 19.2. The fourth-order valence-electron chi connectivity index (χ4n) is 2.10. The van der Waals surface area contributed by atoms with Crippen molar-refractivity contribution in [3.63, 3.8) is 0 Å². The Hall–Kier alpha value is -1.81. The number of nitrogens with zero attached hydrogens (tertiary/aromatic N) is 1. The van der Waals surface area contributed by atoms with Crippen LogP contribution in [0, 0.1) is 18.6 Å². The van der Waals surface area contributed by atoms with Crippen LogP contribution in [0.15, 0.2) is 36.5 Å². The van der Waals surface area contributed by atoms with Crippen LogP contribution in [0.3, 0.4) is 0 Å². The molecule has 1 atom stereocenters. The molecule has 0 aliphatic rings. The lowest BCUT2D eigenvalue weighted by atomic mass is 9.98. The number of hydrogen-bond donors (Lipinski definition) is 1. The molecule has 2 rings (SSSR count). The van der Waals surface area contributed by atoms with Gasteiger partial charge >= 0.3 is 0 Å². The second kappa shape index (κ2) is 5.89. The van der Waals surface area contributed by atoms with Crippen molar-refractivity contribution in [3.8, 4) is 0 Å². The molecule has 0 radical (unpaired) electrons. The van der Waals surface area contributed by atoms with Gasteiger partial charge in [-0.1, -0.05) is 19.1 Å². The molecule has 1 aromatic carbocycles. The van der Waals surface area contributed by atoms with Crippen LogP contribution in [0.25, 0.3) is 0 Å². The second-order valence-corrected chi connectivity index (χ2v) is 4.36. The van der Waals surface area contributed by atoms with Crippen LogP contribution in [0.4, 0.5) is 8.78 Å². The van der Waals surface area contributed by atoms with Gasteiger partial charge in [0.2, 0.25) is 0 Å². The average molecular weight is 262 g/mol. The van der Waals surface area contributed by atoms with Crippen molar-refractivity contribution in [1.82, 2.24) is 10.3 Å². The number of aromatic nitrogens is 1. The SMILES string of the molecule is CCNC(c1ccnc(C)c1)c1cccc(F)c1F. The number of hydrogen-bond acceptors (Lipinski definition) is 2. The highest BCUT2D eigenvalue weighted by molar-refractivity contribution is 5.33. The van der Waals surface area contributed by atoms with Crippen LogP contribution in [0.1, 0.15) is 29.8 Å². The minimum atomic E-state index is -0.828. The Bertz CT molecular complexity index is 570. The van der Waals surface area contributed by atoms with Crippen LogP contribution in [0.5, 0.6) is 0 Å². The van der Waals surface area contributed by atoms with Crippen molar-refractivity contribution in [2.24, 2.45) is 0 Å². The molecule has 19 heavy (non-hydrogen) atoms. The van der Waals surface area contributed by atoms with Crippen LogP contribution < -0.4 is 5.32 Å². The zero-order valence-corrected chi connectivity index (χ0v) is 11.0. The van der Waals surface area contributed by atoms with Crippen molar-refractivity contribution in [3.05, 3.63) is 65.0 Å². The van der Waals surface area contributed by atoms with Gasteiger partial charge in [0.1, 0.15) is 0 Å². The van der Waals surface area contributed by atoms with Gasteiger partial charge < -0.3 is 5.32 Å². The normalized spacial score (nSPS) is 12.4. The van der Waals surface area contributed by atoms with Gasteiger partial charge in [0.15, 0.2) is 11.6 Å². The molecule has 0 saturated heterocycles. The summed E-state index contributed by atoms with van der Waals surface area (Å²) in [5.41, 5.74) is 2.03. The lowest BCUT2D eigenvalue weighted by molar-refractivity contribution is 0.483. The van der Waals surface area contributed by atoms with E-state index in [-0.39, 0.29) is 6.04 Å². The summed E-state index contributed by atoms with van der Waals surface area (Å²) in [6.07, 6.45) is 1.67. The summed E-state index contributed by atoms with van der Waals surface area (Å²) in [6, 6.07) is 7.55. The Labute approximate surface area is 111 Å². The van der Waals surface area contributed by atoms with Gasteiger partial charge in [0.05, 0.1) is 6.04 Å². The van der Waals surface area contributed by atoms with Gasteiger partial charge in [0.25, 0.3) is 0 Å². The monoisotopic (exact) mass is 262 g/mol. The Balaban J connectivity index is 2.48. The fourth-order valence-corrected chi connectivity index (χ4v) is 2.10. The summed E-state index contributed by atoms with van der Waals surface area (Å²) < 4.78 is 27.3. The minimum absolute atomic E-state index is 0.312. The van der Waals surface area contributed by atoms with E-state index >= 15 is 0 Å². The van der Waals surface area contributed by atoms with Crippen molar-refractivity contribution in [2.45, 2.75) is 19.9 Å². The predicted octanol–water partition coefficient (Wildman–Crippen LogP) is 3.37. The maximum atomic E-state index is 13.9. The number of nitrogens with one attached hydrogen (secondary N) is 1. The Morgan fingerprint density at radius 1 is 1.26 bits per heavy atom. The molecule has 1 N–H and O–H groups in total. The van der Waals surface area contributed by atoms with Crippen molar-refractivity contribution < 1.29 is 8.78 Å². The summed E-state index contributed by atoms with van der Waals surface area (Å²) >= 11 is 0. The molecule has 100 valence electrons. The quantitative estimate of drug-likeness (QED) is 0.913. The smallest absolute Gasteiger partial charge is 0.163 e. The Morgan fingerprint density at radius 3 is 2.74 bits per heavy atom. The van der Waals surface area contributed by atoms with Crippen molar-refractivity contribution >= 4 is 0 Å². The van der Waals surface area contributed by atoms with E-state index in [1.165, 1.54) is 6.07 Å². The molecule has 0 bridgehead atoms. The summed E-state index contributed by atoms with van der Waals surface area (Å²) in [5.74, 6) is -1.63. The van der Waals surface area contributed by atoms with Gasteiger partial charge in [-0.25, -0.2) is 8.78 Å². The molecule has 0 aliphatic carbocycles. The Morgan fingerprint density at radius 2 is 2.05 bits per heavy atom. The number of pyridine rings is 1. The van der Waals surface area contributed by atoms with Crippen molar-refractivity contribution in [1.29, 1.82) is 0 Å². The molecule has 1 aromatic heterocycles. The van der Waals surface area contributed by atoms with E-state index in [9.17, 15) is 8.78 Å². The first-order valence-corrected chi connectivity index (χ1v) is 6.23. The van der Waals surface area contributed by atoms with Crippen LogP contribution in [-0.2, 0) is 0 Å². The van der Waals surface area contributed by atoms with Crippen LogP contribution in [-0.4, -0.2) is 11.5 Å². The molecule has 4 heteroatoms. The molecule has 0 amide bonds. The fraction of sp³-hybridized carbons (Fsp3) is 0.267. The topological polar surface area (TPSA) is 24.9 Å². The molecular weight excluding hydrogens is 246 g/mol. The lowest BCUT2D eigenvalue weighted by Gasteiger charge is -2.20. The first-order chi connectivity index (χ1) is 9.13. The van der Waals surface area contributed by atoms with Crippen LogP contribution in [0.2, 0.25) is 0 Å². The highest BCUT2D eigenvalue weighted by Gasteiger charge is 2.19. The molecule has 2 aromatic rings.